The van der Waals surface area contributed by atoms with Crippen molar-refractivity contribution in [2.45, 2.75) is 16.2 Å². The van der Waals surface area contributed by atoms with Crippen molar-refractivity contribution in [1.82, 2.24) is 19.1 Å². The zero-order valence-corrected chi connectivity index (χ0v) is 15.4. The first-order valence-corrected chi connectivity index (χ1v) is 8.63. The number of benzene rings is 1. The summed E-state index contributed by atoms with van der Waals surface area (Å²) < 4.78 is 53.8. The molecule has 2 heterocycles. The third-order valence-electron chi connectivity index (χ3n) is 3.60. The lowest BCUT2D eigenvalue weighted by atomic mass is 10.3. The Balaban J connectivity index is 2.20. The summed E-state index contributed by atoms with van der Waals surface area (Å²) in [4.78, 5) is 32.7. The minimum Gasteiger partial charge on any atom is -0.292 e. The quantitative estimate of drug-likeness (QED) is 0.469. The maximum atomic E-state index is 14.4. The molecule has 146 valence electrons. The van der Waals surface area contributed by atoms with Gasteiger partial charge in [-0.1, -0.05) is 11.6 Å². The van der Waals surface area contributed by atoms with Crippen LogP contribution < -0.4 is 11.2 Å². The smallest absolute Gasteiger partial charge is 0.292 e. The number of hydrogen-bond donors (Lipinski definition) is 0. The van der Waals surface area contributed by atoms with Gasteiger partial charge in [-0.15, -0.1) is 0 Å². The highest BCUT2D eigenvalue weighted by Crippen LogP contribution is 2.34. The average molecular weight is 433 g/mol. The predicted octanol–water partition coefficient (Wildman–Crippen LogP) is 3.29. The fraction of sp³-hybridized carbons (Fsp3) is 0.125. The number of aromatic nitrogens is 4. The van der Waals surface area contributed by atoms with Gasteiger partial charge < -0.3 is 0 Å². The average Bonchev–Trinajstić information content (AvgIpc) is 2.61. The van der Waals surface area contributed by atoms with E-state index in [2.05, 4.69) is 9.97 Å². The largest absolute Gasteiger partial charge is 0.431 e. The standard InChI is InChI=1S/C16H9ClF4N4O2S/c1-24-12(16(19,20)21)7-13(26)25(15(24)27)10-6-11(8(17)5-9(10)18)28-14-22-3-2-4-23-14/h2-7H,1H3. The van der Waals surface area contributed by atoms with Gasteiger partial charge in [0.15, 0.2) is 5.16 Å². The van der Waals surface area contributed by atoms with Crippen molar-refractivity contribution in [2.24, 2.45) is 7.05 Å². The number of alkyl halides is 3. The molecule has 0 bridgehead atoms. The number of nitrogens with zero attached hydrogens (tertiary/aromatic N) is 4. The molecule has 3 aromatic rings. The molecule has 0 saturated carbocycles. The van der Waals surface area contributed by atoms with E-state index in [9.17, 15) is 27.2 Å². The van der Waals surface area contributed by atoms with E-state index in [1.54, 1.807) is 6.07 Å². The Morgan fingerprint density at radius 1 is 1.11 bits per heavy atom. The molecule has 2 aromatic heterocycles. The number of rotatable bonds is 3. The highest BCUT2D eigenvalue weighted by Gasteiger charge is 2.35. The maximum Gasteiger partial charge on any atom is 0.431 e. The Kier molecular flexibility index (Phi) is 5.31. The summed E-state index contributed by atoms with van der Waals surface area (Å²) in [5, 5.41) is 0.213. The van der Waals surface area contributed by atoms with Crippen LogP contribution in [0.3, 0.4) is 0 Å². The van der Waals surface area contributed by atoms with Gasteiger partial charge in [0.05, 0.1) is 10.7 Å². The summed E-state index contributed by atoms with van der Waals surface area (Å²) >= 11 is 6.93. The molecule has 28 heavy (non-hydrogen) atoms. The Bertz CT molecular complexity index is 1160. The van der Waals surface area contributed by atoms with Crippen LogP contribution in [0, 0.1) is 5.82 Å². The molecule has 0 aliphatic rings. The van der Waals surface area contributed by atoms with Crippen molar-refractivity contribution in [1.29, 1.82) is 0 Å². The second-order valence-electron chi connectivity index (χ2n) is 5.41. The fourth-order valence-corrected chi connectivity index (χ4v) is 3.34. The molecule has 0 atom stereocenters. The number of hydrogen-bond acceptors (Lipinski definition) is 5. The van der Waals surface area contributed by atoms with E-state index in [0.717, 1.165) is 30.9 Å². The van der Waals surface area contributed by atoms with Crippen LogP contribution in [0.15, 0.2) is 56.3 Å². The maximum absolute atomic E-state index is 14.4. The molecular formula is C16H9ClF4N4O2S. The molecule has 0 saturated heterocycles. The molecular weight excluding hydrogens is 424 g/mol. The Labute approximate surface area is 163 Å². The molecule has 0 fully saturated rings. The van der Waals surface area contributed by atoms with Crippen molar-refractivity contribution in [3.8, 4) is 5.69 Å². The summed E-state index contributed by atoms with van der Waals surface area (Å²) in [7, 11) is 0.836. The SMILES string of the molecule is Cn1c(C(F)(F)F)cc(=O)n(-c2cc(Sc3ncccn3)c(Cl)cc2F)c1=O. The van der Waals surface area contributed by atoms with Crippen molar-refractivity contribution < 1.29 is 17.6 Å². The molecule has 0 spiro atoms. The Morgan fingerprint density at radius 2 is 1.75 bits per heavy atom. The van der Waals surface area contributed by atoms with Crippen molar-refractivity contribution in [3.63, 3.8) is 0 Å². The van der Waals surface area contributed by atoms with Gasteiger partial charge in [0.1, 0.15) is 11.5 Å². The fourth-order valence-electron chi connectivity index (χ4n) is 2.32. The van der Waals surface area contributed by atoms with E-state index in [1.165, 1.54) is 12.4 Å². The Hall–Kier alpha value is -2.66. The van der Waals surface area contributed by atoms with Gasteiger partial charge in [-0.05, 0) is 30.0 Å². The molecule has 12 heteroatoms. The molecule has 0 amide bonds. The third-order valence-corrected chi connectivity index (χ3v) is 4.97. The van der Waals surface area contributed by atoms with Gasteiger partial charge in [-0.25, -0.2) is 23.7 Å². The van der Waals surface area contributed by atoms with Gasteiger partial charge in [-0.3, -0.25) is 9.36 Å². The first kappa shape index (κ1) is 20.1. The molecule has 6 nitrogen and oxygen atoms in total. The van der Waals surface area contributed by atoms with E-state index in [4.69, 9.17) is 11.6 Å². The molecule has 0 N–H and O–H groups in total. The second-order valence-corrected chi connectivity index (χ2v) is 6.83. The highest BCUT2D eigenvalue weighted by molar-refractivity contribution is 7.99. The van der Waals surface area contributed by atoms with Crippen molar-refractivity contribution in [3.05, 3.63) is 74.0 Å². The van der Waals surface area contributed by atoms with Crippen LogP contribution in [-0.2, 0) is 13.2 Å². The van der Waals surface area contributed by atoms with Crippen LogP contribution >= 0.6 is 23.4 Å². The van der Waals surface area contributed by atoms with Gasteiger partial charge >= 0.3 is 11.9 Å². The van der Waals surface area contributed by atoms with E-state index in [1.807, 2.05) is 0 Å². The van der Waals surface area contributed by atoms with Crippen LogP contribution in [0.25, 0.3) is 5.69 Å². The van der Waals surface area contributed by atoms with Crippen LogP contribution in [0.2, 0.25) is 5.02 Å². The van der Waals surface area contributed by atoms with E-state index in [0.29, 0.717) is 4.57 Å². The van der Waals surface area contributed by atoms with Gasteiger partial charge in [-0.2, -0.15) is 13.2 Å². The number of halogens is 5. The molecule has 0 radical (unpaired) electrons. The normalized spacial score (nSPS) is 11.6. The lowest BCUT2D eigenvalue weighted by Crippen LogP contribution is -2.41. The third kappa shape index (κ3) is 3.80. The Morgan fingerprint density at radius 3 is 2.36 bits per heavy atom. The summed E-state index contributed by atoms with van der Waals surface area (Å²) in [5.74, 6) is -1.05. The van der Waals surface area contributed by atoms with Crippen LogP contribution in [0.5, 0.6) is 0 Å². The van der Waals surface area contributed by atoms with Gasteiger partial charge in [0, 0.05) is 30.4 Å². The monoisotopic (exact) mass is 432 g/mol. The molecule has 1 aromatic carbocycles. The van der Waals surface area contributed by atoms with E-state index in [-0.39, 0.29) is 25.7 Å². The van der Waals surface area contributed by atoms with Crippen LogP contribution in [0.1, 0.15) is 5.69 Å². The predicted molar refractivity (Wildman–Crippen MR) is 93.4 cm³/mol. The minimum atomic E-state index is -4.92. The van der Waals surface area contributed by atoms with Gasteiger partial charge in [0.2, 0.25) is 0 Å². The molecule has 0 aliphatic heterocycles. The van der Waals surface area contributed by atoms with Crippen LogP contribution in [-0.4, -0.2) is 19.1 Å². The zero-order chi connectivity index (χ0) is 20.6. The van der Waals surface area contributed by atoms with Crippen molar-refractivity contribution >= 4 is 23.4 Å². The lowest BCUT2D eigenvalue weighted by molar-refractivity contribution is -0.144. The summed E-state index contributed by atoms with van der Waals surface area (Å²) in [6.45, 7) is 0. The van der Waals surface area contributed by atoms with Gasteiger partial charge in [0.25, 0.3) is 5.56 Å². The summed E-state index contributed by atoms with van der Waals surface area (Å²) in [6, 6.07) is 3.73. The van der Waals surface area contributed by atoms with Crippen LogP contribution in [0.4, 0.5) is 17.6 Å². The molecule has 0 unspecified atom stereocenters. The highest BCUT2D eigenvalue weighted by atomic mass is 35.5. The topological polar surface area (TPSA) is 69.8 Å². The summed E-state index contributed by atoms with van der Waals surface area (Å²) in [5.41, 5.74) is -4.67. The van der Waals surface area contributed by atoms with Crippen molar-refractivity contribution in [2.75, 3.05) is 0 Å². The van der Waals surface area contributed by atoms with E-state index >= 15 is 0 Å². The first-order valence-electron chi connectivity index (χ1n) is 7.44. The molecule has 3 rings (SSSR count). The zero-order valence-electron chi connectivity index (χ0n) is 13.9. The lowest BCUT2D eigenvalue weighted by Gasteiger charge is -2.15. The summed E-state index contributed by atoms with van der Waals surface area (Å²) in [6.07, 6.45) is -2.00. The van der Waals surface area contributed by atoms with E-state index < -0.39 is 34.6 Å². The molecule has 0 aliphatic carbocycles. The first-order chi connectivity index (χ1) is 13.1. The second kappa shape index (κ2) is 7.40. The minimum absolute atomic E-state index is 0.0458.